The highest BCUT2D eigenvalue weighted by molar-refractivity contribution is 7.17. The van der Waals surface area contributed by atoms with Crippen molar-refractivity contribution in [3.8, 4) is 5.88 Å². The number of aromatic hydroxyl groups is 1. The number of nitrogens with zero attached hydrogens (tertiary/aromatic N) is 4. The lowest BCUT2D eigenvalue weighted by Gasteiger charge is -2.30. The van der Waals surface area contributed by atoms with Gasteiger partial charge >= 0.3 is 0 Å². The van der Waals surface area contributed by atoms with Crippen molar-refractivity contribution in [1.29, 1.82) is 0 Å². The van der Waals surface area contributed by atoms with Gasteiger partial charge in [-0.15, -0.1) is 11.3 Å². The highest BCUT2D eigenvalue weighted by atomic mass is 32.1. The van der Waals surface area contributed by atoms with E-state index >= 15 is 0 Å². The summed E-state index contributed by atoms with van der Waals surface area (Å²) in [5, 5.41) is 16.8. The van der Waals surface area contributed by atoms with Gasteiger partial charge in [-0.3, -0.25) is 4.90 Å². The number of rotatable bonds is 9. The minimum Gasteiger partial charge on any atom is -0.492 e. The zero-order valence-corrected chi connectivity index (χ0v) is 15.2. The van der Waals surface area contributed by atoms with Crippen LogP contribution in [0.4, 0.5) is 0 Å². The molecule has 3 rings (SSSR count). The lowest BCUT2D eigenvalue weighted by molar-refractivity contribution is 0.0981. The van der Waals surface area contributed by atoms with Gasteiger partial charge in [-0.1, -0.05) is 17.4 Å². The molecule has 0 fully saturated rings. The Labute approximate surface area is 148 Å². The molecule has 9 heteroatoms. The molecule has 130 valence electrons. The quantitative estimate of drug-likeness (QED) is 0.625. The number of hydrogen-bond donors (Lipinski definition) is 1. The number of ether oxygens (including phenoxy) is 2. The van der Waals surface area contributed by atoms with Crippen LogP contribution in [0.25, 0.3) is 4.96 Å². The van der Waals surface area contributed by atoms with E-state index in [1.807, 2.05) is 11.4 Å². The standard InChI is InChI=1S/C15H20N4O3S2/c1-21-7-5-18(6-8-22-2)12(11-4-3-9-23-11)13-14(20)19-15(24-13)16-10-17-19/h3-4,9-10,12,20H,5-8H2,1-2H3. The summed E-state index contributed by atoms with van der Waals surface area (Å²) in [5.41, 5.74) is 0. The SMILES string of the molecule is COCCN(CCOC)C(c1cccs1)c1sc2ncnn2c1O. The normalized spacial score (nSPS) is 13.1. The fourth-order valence-corrected chi connectivity index (χ4v) is 4.61. The molecule has 0 spiro atoms. The van der Waals surface area contributed by atoms with E-state index in [4.69, 9.17) is 9.47 Å². The van der Waals surface area contributed by atoms with Crippen molar-refractivity contribution in [1.82, 2.24) is 19.5 Å². The van der Waals surface area contributed by atoms with Crippen molar-refractivity contribution >= 4 is 27.6 Å². The minimum atomic E-state index is -0.0798. The molecule has 3 aromatic heterocycles. The highest BCUT2D eigenvalue weighted by Gasteiger charge is 2.29. The lowest BCUT2D eigenvalue weighted by Crippen LogP contribution is -2.34. The van der Waals surface area contributed by atoms with E-state index < -0.39 is 0 Å². The van der Waals surface area contributed by atoms with Gasteiger partial charge in [0, 0.05) is 32.2 Å². The number of methoxy groups -OCH3 is 2. The molecule has 0 aliphatic heterocycles. The second-order valence-corrected chi connectivity index (χ2v) is 7.17. The lowest BCUT2D eigenvalue weighted by atomic mass is 10.1. The molecule has 0 aliphatic carbocycles. The van der Waals surface area contributed by atoms with Gasteiger partial charge in [-0.25, -0.2) is 4.98 Å². The predicted molar refractivity (Wildman–Crippen MR) is 94.0 cm³/mol. The van der Waals surface area contributed by atoms with Gasteiger partial charge in [-0.2, -0.15) is 9.61 Å². The molecule has 24 heavy (non-hydrogen) atoms. The van der Waals surface area contributed by atoms with E-state index in [9.17, 15) is 5.11 Å². The Balaban J connectivity index is 2.01. The van der Waals surface area contributed by atoms with Crippen molar-refractivity contribution in [2.45, 2.75) is 6.04 Å². The molecule has 3 aromatic rings. The van der Waals surface area contributed by atoms with Crippen molar-refractivity contribution in [3.63, 3.8) is 0 Å². The van der Waals surface area contributed by atoms with Gasteiger partial charge in [0.15, 0.2) is 0 Å². The molecule has 0 bridgehead atoms. The fraction of sp³-hybridized carbons (Fsp3) is 0.467. The maximum Gasteiger partial charge on any atom is 0.230 e. The fourth-order valence-electron chi connectivity index (χ4n) is 2.58. The molecule has 0 aliphatic rings. The van der Waals surface area contributed by atoms with Gasteiger partial charge in [0.25, 0.3) is 0 Å². The molecule has 0 aromatic carbocycles. The first-order chi connectivity index (χ1) is 11.8. The van der Waals surface area contributed by atoms with E-state index in [0.717, 1.165) is 22.8 Å². The number of thiazole rings is 1. The van der Waals surface area contributed by atoms with Gasteiger partial charge in [-0.05, 0) is 11.4 Å². The smallest absolute Gasteiger partial charge is 0.230 e. The Morgan fingerprint density at radius 3 is 2.62 bits per heavy atom. The van der Waals surface area contributed by atoms with Crippen LogP contribution >= 0.6 is 22.7 Å². The first kappa shape index (κ1) is 17.3. The number of fused-ring (bicyclic) bond motifs is 1. The van der Waals surface area contributed by atoms with Crippen LogP contribution in [0.15, 0.2) is 23.8 Å². The molecule has 3 heterocycles. The van der Waals surface area contributed by atoms with Crippen molar-refractivity contribution in [3.05, 3.63) is 33.6 Å². The van der Waals surface area contributed by atoms with Gasteiger partial charge in [0.2, 0.25) is 10.8 Å². The van der Waals surface area contributed by atoms with Crippen LogP contribution in [-0.2, 0) is 9.47 Å². The highest BCUT2D eigenvalue weighted by Crippen LogP contribution is 2.40. The second kappa shape index (κ2) is 8.04. The molecule has 7 nitrogen and oxygen atoms in total. The largest absolute Gasteiger partial charge is 0.492 e. The van der Waals surface area contributed by atoms with Crippen molar-refractivity contribution in [2.24, 2.45) is 0 Å². The summed E-state index contributed by atoms with van der Waals surface area (Å²) in [5.74, 6) is 0.144. The summed E-state index contributed by atoms with van der Waals surface area (Å²) in [7, 11) is 3.38. The van der Waals surface area contributed by atoms with Crippen LogP contribution in [0.5, 0.6) is 5.88 Å². The van der Waals surface area contributed by atoms with Gasteiger partial charge < -0.3 is 14.6 Å². The van der Waals surface area contributed by atoms with E-state index in [2.05, 4.69) is 21.0 Å². The second-order valence-electron chi connectivity index (χ2n) is 5.18. The van der Waals surface area contributed by atoms with E-state index in [1.54, 1.807) is 25.6 Å². The molecule has 1 atom stereocenters. The van der Waals surface area contributed by atoms with Crippen LogP contribution < -0.4 is 0 Å². The number of hydrogen-bond acceptors (Lipinski definition) is 8. The topological polar surface area (TPSA) is 72.1 Å². The average molecular weight is 368 g/mol. The minimum absolute atomic E-state index is 0.0798. The molecular formula is C15H20N4O3S2. The average Bonchev–Trinajstić information content (AvgIpc) is 3.31. The van der Waals surface area contributed by atoms with Crippen LogP contribution in [0.3, 0.4) is 0 Å². The molecule has 0 saturated heterocycles. The Morgan fingerprint density at radius 2 is 2.04 bits per heavy atom. The van der Waals surface area contributed by atoms with Crippen LogP contribution in [0.1, 0.15) is 15.8 Å². The molecule has 0 saturated carbocycles. The third-order valence-corrected chi connectivity index (χ3v) is 5.74. The Morgan fingerprint density at radius 1 is 1.29 bits per heavy atom. The van der Waals surface area contributed by atoms with E-state index in [0.29, 0.717) is 18.2 Å². The number of thiophene rings is 1. The van der Waals surface area contributed by atoms with Crippen LogP contribution in [0, 0.1) is 0 Å². The molecule has 1 N–H and O–H groups in total. The first-order valence-electron chi connectivity index (χ1n) is 7.53. The van der Waals surface area contributed by atoms with E-state index in [1.165, 1.54) is 22.2 Å². The Hall–Kier alpha value is -1.52. The maximum atomic E-state index is 10.6. The van der Waals surface area contributed by atoms with Crippen molar-refractivity contribution < 1.29 is 14.6 Å². The van der Waals surface area contributed by atoms with E-state index in [-0.39, 0.29) is 11.9 Å². The molecule has 0 radical (unpaired) electrons. The summed E-state index contributed by atoms with van der Waals surface area (Å²) in [6.45, 7) is 2.67. The molecular weight excluding hydrogens is 348 g/mol. The summed E-state index contributed by atoms with van der Waals surface area (Å²) in [6.07, 6.45) is 1.45. The zero-order chi connectivity index (χ0) is 16.9. The third kappa shape index (κ3) is 3.45. The Kier molecular flexibility index (Phi) is 5.80. The summed E-state index contributed by atoms with van der Waals surface area (Å²) in [6, 6.07) is 4.02. The zero-order valence-electron chi connectivity index (χ0n) is 13.6. The van der Waals surface area contributed by atoms with Crippen LogP contribution in [-0.4, -0.2) is 65.1 Å². The van der Waals surface area contributed by atoms with Gasteiger partial charge in [0.05, 0.1) is 24.1 Å². The molecule has 0 amide bonds. The monoisotopic (exact) mass is 368 g/mol. The van der Waals surface area contributed by atoms with Crippen molar-refractivity contribution in [2.75, 3.05) is 40.5 Å². The number of aromatic nitrogens is 3. The summed E-state index contributed by atoms with van der Waals surface area (Å²) >= 11 is 3.12. The van der Waals surface area contributed by atoms with Gasteiger partial charge in [0.1, 0.15) is 6.33 Å². The van der Waals surface area contributed by atoms with Crippen LogP contribution in [0.2, 0.25) is 0 Å². The summed E-state index contributed by atoms with van der Waals surface area (Å²) < 4.78 is 12.0. The first-order valence-corrected chi connectivity index (χ1v) is 9.22. The Bertz CT molecular complexity index is 748. The maximum absolute atomic E-state index is 10.6. The third-order valence-electron chi connectivity index (χ3n) is 3.73. The predicted octanol–water partition coefficient (Wildman–Crippen LogP) is 2.24. The summed E-state index contributed by atoms with van der Waals surface area (Å²) in [4.78, 5) is 9.12. The molecule has 1 unspecified atom stereocenters.